The molecule has 28 heavy (non-hydrogen) atoms. The molecule has 0 aliphatic carbocycles. The van der Waals surface area contributed by atoms with E-state index in [0.717, 1.165) is 15.6 Å². The molecule has 0 aromatic heterocycles. The topological polar surface area (TPSA) is 58.6 Å². The van der Waals surface area contributed by atoms with Crippen molar-refractivity contribution in [3.63, 3.8) is 0 Å². The van der Waals surface area contributed by atoms with Crippen molar-refractivity contribution in [2.45, 2.75) is 32.9 Å². The average molecular weight is 498 g/mol. The van der Waals surface area contributed by atoms with Gasteiger partial charge in [0.1, 0.15) is 17.6 Å². The Morgan fingerprint density at radius 1 is 1.14 bits per heavy atom. The Labute approximate surface area is 178 Å². The zero-order valence-electron chi connectivity index (χ0n) is 16.0. The van der Waals surface area contributed by atoms with Gasteiger partial charge in [-0.05, 0) is 77.9 Å². The van der Waals surface area contributed by atoms with Crippen LogP contribution in [0.5, 0.6) is 5.75 Å². The quantitative estimate of drug-likeness (QED) is 0.536. The molecule has 0 radical (unpaired) electrons. The maximum Gasteiger partial charge on any atom is 0.261 e. The van der Waals surface area contributed by atoms with Crippen molar-refractivity contribution >= 4 is 34.4 Å². The van der Waals surface area contributed by atoms with Gasteiger partial charge >= 0.3 is 0 Å². The first-order valence-electron chi connectivity index (χ1n) is 9.10. The van der Waals surface area contributed by atoms with Crippen LogP contribution in [0.15, 0.2) is 48.5 Å². The molecule has 2 aromatic carbocycles. The highest BCUT2D eigenvalue weighted by Gasteiger charge is 2.26. The number of carbonyl (C=O) groups is 2. The number of nitrogens with zero attached hydrogens (tertiary/aromatic N) is 1. The van der Waals surface area contributed by atoms with Crippen LogP contribution in [0.2, 0.25) is 0 Å². The molecule has 0 aliphatic heterocycles. The number of amides is 2. The molecule has 1 atom stereocenters. The van der Waals surface area contributed by atoms with Crippen LogP contribution in [0.1, 0.15) is 25.8 Å². The second kappa shape index (κ2) is 11.0. The maximum absolute atomic E-state index is 13.2. The molecular formula is C21H24FIN2O3. The molecule has 150 valence electrons. The number of hydrogen-bond donors (Lipinski definition) is 1. The summed E-state index contributed by atoms with van der Waals surface area (Å²) in [6.45, 7) is 4.18. The van der Waals surface area contributed by atoms with Crippen LogP contribution < -0.4 is 10.1 Å². The number of halogens is 2. The summed E-state index contributed by atoms with van der Waals surface area (Å²) in [6.07, 6.45) is 0.806. The van der Waals surface area contributed by atoms with E-state index in [4.69, 9.17) is 4.74 Å². The zero-order valence-corrected chi connectivity index (χ0v) is 18.1. The SMILES string of the molecule is CCCNC(=O)C(C)N(Cc1ccc(F)cc1)C(=O)COc1ccc(I)cc1. The minimum absolute atomic E-state index is 0.187. The molecular weight excluding hydrogens is 474 g/mol. The van der Waals surface area contributed by atoms with Crippen molar-refractivity contribution in [1.82, 2.24) is 10.2 Å². The first kappa shape index (κ1) is 22.1. The van der Waals surface area contributed by atoms with Gasteiger partial charge in [-0.3, -0.25) is 9.59 Å². The zero-order chi connectivity index (χ0) is 20.5. The predicted octanol–water partition coefficient (Wildman–Crippen LogP) is 3.75. The molecule has 0 heterocycles. The van der Waals surface area contributed by atoms with Crippen LogP contribution in [0.25, 0.3) is 0 Å². The van der Waals surface area contributed by atoms with Crippen molar-refractivity contribution in [3.8, 4) is 5.75 Å². The van der Waals surface area contributed by atoms with Gasteiger partial charge in [-0.1, -0.05) is 19.1 Å². The van der Waals surface area contributed by atoms with Crippen molar-refractivity contribution in [3.05, 3.63) is 63.5 Å². The van der Waals surface area contributed by atoms with Gasteiger partial charge < -0.3 is 15.0 Å². The largest absolute Gasteiger partial charge is 0.484 e. The highest BCUT2D eigenvalue weighted by molar-refractivity contribution is 14.1. The third-order valence-corrected chi connectivity index (χ3v) is 4.88. The fourth-order valence-electron chi connectivity index (χ4n) is 2.52. The molecule has 0 saturated carbocycles. The smallest absolute Gasteiger partial charge is 0.261 e. The van der Waals surface area contributed by atoms with Gasteiger partial charge in [0, 0.05) is 16.7 Å². The van der Waals surface area contributed by atoms with E-state index in [1.165, 1.54) is 17.0 Å². The lowest BCUT2D eigenvalue weighted by molar-refractivity contribution is -0.142. The van der Waals surface area contributed by atoms with Gasteiger partial charge in [-0.15, -0.1) is 0 Å². The number of hydrogen-bond acceptors (Lipinski definition) is 3. The van der Waals surface area contributed by atoms with Gasteiger partial charge in [0.25, 0.3) is 5.91 Å². The van der Waals surface area contributed by atoms with E-state index >= 15 is 0 Å². The van der Waals surface area contributed by atoms with E-state index in [1.807, 2.05) is 19.1 Å². The Kier molecular flexibility index (Phi) is 8.69. The lowest BCUT2D eigenvalue weighted by Gasteiger charge is -2.28. The monoisotopic (exact) mass is 498 g/mol. The lowest BCUT2D eigenvalue weighted by atomic mass is 10.1. The fraction of sp³-hybridized carbons (Fsp3) is 0.333. The molecule has 0 spiro atoms. The van der Waals surface area contributed by atoms with Gasteiger partial charge in [-0.2, -0.15) is 0 Å². The van der Waals surface area contributed by atoms with E-state index < -0.39 is 6.04 Å². The van der Waals surface area contributed by atoms with Crippen molar-refractivity contribution in [1.29, 1.82) is 0 Å². The Bertz CT molecular complexity index is 781. The van der Waals surface area contributed by atoms with Crippen molar-refractivity contribution < 1.29 is 18.7 Å². The van der Waals surface area contributed by atoms with E-state index in [9.17, 15) is 14.0 Å². The van der Waals surface area contributed by atoms with Crippen molar-refractivity contribution in [2.75, 3.05) is 13.2 Å². The maximum atomic E-state index is 13.2. The summed E-state index contributed by atoms with van der Waals surface area (Å²) in [5.41, 5.74) is 0.735. The first-order chi connectivity index (χ1) is 13.4. The molecule has 2 rings (SSSR count). The summed E-state index contributed by atoms with van der Waals surface area (Å²) in [5, 5.41) is 2.81. The minimum atomic E-state index is -0.676. The number of ether oxygens (including phenoxy) is 1. The molecule has 1 N–H and O–H groups in total. The molecule has 5 nitrogen and oxygen atoms in total. The van der Waals surface area contributed by atoms with Crippen LogP contribution in [-0.2, 0) is 16.1 Å². The van der Waals surface area contributed by atoms with Crippen LogP contribution in [0.3, 0.4) is 0 Å². The molecule has 1 unspecified atom stereocenters. The second-order valence-corrected chi connectivity index (χ2v) is 7.60. The molecule has 0 bridgehead atoms. The van der Waals surface area contributed by atoms with E-state index in [2.05, 4.69) is 27.9 Å². The molecule has 7 heteroatoms. The van der Waals surface area contributed by atoms with Gasteiger partial charge in [0.2, 0.25) is 5.91 Å². The normalized spacial score (nSPS) is 11.6. The standard InChI is InChI=1S/C21H24FIN2O3/c1-3-12-24-21(27)15(2)25(13-16-4-6-17(22)7-5-16)20(26)14-28-19-10-8-18(23)9-11-19/h4-11,15H,3,12-14H2,1-2H3,(H,24,27). The first-order valence-corrected chi connectivity index (χ1v) is 10.2. The number of carbonyl (C=O) groups excluding carboxylic acids is 2. The fourth-order valence-corrected chi connectivity index (χ4v) is 2.88. The summed E-state index contributed by atoms with van der Waals surface area (Å²) < 4.78 is 19.8. The molecule has 0 saturated heterocycles. The van der Waals surface area contributed by atoms with Crippen LogP contribution in [0.4, 0.5) is 4.39 Å². The Balaban J connectivity index is 2.10. The van der Waals surface area contributed by atoms with Crippen LogP contribution >= 0.6 is 22.6 Å². The summed E-state index contributed by atoms with van der Waals surface area (Å²) in [6, 6.07) is 12.6. The van der Waals surface area contributed by atoms with Gasteiger partial charge in [0.15, 0.2) is 6.61 Å². The van der Waals surface area contributed by atoms with Gasteiger partial charge in [0.05, 0.1) is 0 Å². The summed E-state index contributed by atoms with van der Waals surface area (Å²) >= 11 is 2.19. The average Bonchev–Trinajstić information content (AvgIpc) is 2.70. The second-order valence-electron chi connectivity index (χ2n) is 6.36. The number of rotatable bonds is 9. The summed E-state index contributed by atoms with van der Waals surface area (Å²) in [7, 11) is 0. The summed E-state index contributed by atoms with van der Waals surface area (Å²) in [4.78, 5) is 26.7. The molecule has 0 aliphatic rings. The molecule has 2 aromatic rings. The number of nitrogens with one attached hydrogen (secondary N) is 1. The number of benzene rings is 2. The molecule has 0 fully saturated rings. The Hall–Kier alpha value is -2.16. The third-order valence-electron chi connectivity index (χ3n) is 4.16. The highest BCUT2D eigenvalue weighted by Crippen LogP contribution is 2.15. The Morgan fingerprint density at radius 2 is 1.79 bits per heavy atom. The Morgan fingerprint density at radius 3 is 2.39 bits per heavy atom. The summed E-state index contributed by atoms with van der Waals surface area (Å²) in [5.74, 6) is -0.315. The predicted molar refractivity (Wildman–Crippen MR) is 114 cm³/mol. The highest BCUT2D eigenvalue weighted by atomic mass is 127. The van der Waals surface area contributed by atoms with Gasteiger partial charge in [-0.25, -0.2) is 4.39 Å². The van der Waals surface area contributed by atoms with Crippen LogP contribution in [0, 0.1) is 9.39 Å². The van der Waals surface area contributed by atoms with Crippen molar-refractivity contribution in [2.24, 2.45) is 0 Å². The lowest BCUT2D eigenvalue weighted by Crippen LogP contribution is -2.49. The minimum Gasteiger partial charge on any atom is -0.484 e. The van der Waals surface area contributed by atoms with E-state index in [0.29, 0.717) is 12.3 Å². The van der Waals surface area contributed by atoms with E-state index in [-0.39, 0.29) is 30.8 Å². The van der Waals surface area contributed by atoms with E-state index in [1.54, 1.807) is 31.2 Å². The van der Waals surface area contributed by atoms with Crippen LogP contribution in [-0.4, -0.2) is 35.9 Å². The third kappa shape index (κ3) is 6.78. The molecule has 2 amide bonds.